The van der Waals surface area contributed by atoms with Gasteiger partial charge in [0.1, 0.15) is 6.67 Å². The van der Waals surface area contributed by atoms with Gasteiger partial charge in [-0.2, -0.15) is 0 Å². The Balaban J connectivity index is 0.000000640. The highest BCUT2D eigenvalue weighted by Crippen LogP contribution is 1.91. The molecule has 9 heavy (non-hydrogen) atoms. The lowest BCUT2D eigenvalue weighted by Crippen LogP contribution is -2.42. The highest BCUT2D eigenvalue weighted by molar-refractivity contribution is 5.85. The van der Waals surface area contributed by atoms with Crippen LogP contribution >= 0.6 is 12.4 Å². The van der Waals surface area contributed by atoms with Crippen molar-refractivity contribution >= 4 is 12.4 Å². The topological polar surface area (TPSA) is 21.3 Å². The molecule has 2 nitrogen and oxygen atoms in total. The van der Waals surface area contributed by atoms with Gasteiger partial charge >= 0.3 is 0 Å². The highest BCUT2D eigenvalue weighted by atomic mass is 35.5. The van der Waals surface area contributed by atoms with Crippen LogP contribution in [0.15, 0.2) is 0 Å². The molecule has 1 rings (SSSR count). The summed E-state index contributed by atoms with van der Waals surface area (Å²) in [5, 5.41) is 2.97. The van der Waals surface area contributed by atoms with Crippen molar-refractivity contribution in [2.24, 2.45) is 0 Å². The minimum Gasteiger partial charge on any atom is -0.378 e. The van der Waals surface area contributed by atoms with Gasteiger partial charge in [-0.15, -0.1) is 12.4 Å². The van der Waals surface area contributed by atoms with Gasteiger partial charge in [0.15, 0.2) is 0 Å². The lowest BCUT2D eigenvalue weighted by atomic mass is 10.3. The molecule has 0 radical (unpaired) electrons. The van der Waals surface area contributed by atoms with Gasteiger partial charge in [0.05, 0.1) is 19.3 Å². The lowest BCUT2D eigenvalue weighted by Gasteiger charge is -2.20. The van der Waals surface area contributed by atoms with Crippen LogP contribution in [-0.2, 0) is 4.74 Å². The number of ether oxygens (including phenoxy) is 1. The minimum atomic E-state index is -0.319. The number of hydrogen-bond donors (Lipinski definition) is 1. The molecule has 0 unspecified atom stereocenters. The zero-order valence-electron chi connectivity index (χ0n) is 5.10. The number of hydrogen-bond acceptors (Lipinski definition) is 2. The highest BCUT2D eigenvalue weighted by Gasteiger charge is 2.10. The van der Waals surface area contributed by atoms with Crippen molar-refractivity contribution in [1.29, 1.82) is 0 Å². The first-order valence-electron chi connectivity index (χ1n) is 2.80. The van der Waals surface area contributed by atoms with Crippen molar-refractivity contribution < 1.29 is 9.13 Å². The fraction of sp³-hybridized carbons (Fsp3) is 1.00. The van der Waals surface area contributed by atoms with Crippen LogP contribution in [0.2, 0.25) is 0 Å². The van der Waals surface area contributed by atoms with Gasteiger partial charge in [0.25, 0.3) is 0 Å². The molecule has 0 aromatic carbocycles. The molecule has 1 fully saturated rings. The summed E-state index contributed by atoms with van der Waals surface area (Å²) < 4.78 is 16.7. The van der Waals surface area contributed by atoms with E-state index in [1.165, 1.54) is 0 Å². The molecule has 0 spiro atoms. The Labute approximate surface area is 60.2 Å². The largest absolute Gasteiger partial charge is 0.378 e. The van der Waals surface area contributed by atoms with Gasteiger partial charge in [-0.1, -0.05) is 0 Å². The molecule has 0 aromatic rings. The summed E-state index contributed by atoms with van der Waals surface area (Å²) in [4.78, 5) is 0. The summed E-state index contributed by atoms with van der Waals surface area (Å²) in [6, 6.07) is -0.0521. The van der Waals surface area contributed by atoms with Crippen LogP contribution in [0.5, 0.6) is 0 Å². The van der Waals surface area contributed by atoms with Crippen molar-refractivity contribution in [2.45, 2.75) is 6.04 Å². The number of rotatable bonds is 1. The molecule has 56 valence electrons. The molecule has 0 aliphatic carbocycles. The van der Waals surface area contributed by atoms with Crippen molar-refractivity contribution in [3.8, 4) is 0 Å². The summed E-state index contributed by atoms with van der Waals surface area (Å²) in [6.45, 7) is 1.71. The number of nitrogens with one attached hydrogen (secondary N) is 1. The maximum absolute atomic E-state index is 11.7. The molecule has 1 atom stereocenters. The van der Waals surface area contributed by atoms with E-state index in [0.29, 0.717) is 6.61 Å². The summed E-state index contributed by atoms with van der Waals surface area (Å²) in [7, 11) is 0. The molecule has 0 saturated carbocycles. The van der Waals surface area contributed by atoms with E-state index in [1.807, 2.05) is 0 Å². The zero-order chi connectivity index (χ0) is 5.82. The third kappa shape index (κ3) is 2.98. The Bertz CT molecular complexity index is 68.0. The van der Waals surface area contributed by atoms with E-state index in [4.69, 9.17) is 4.74 Å². The van der Waals surface area contributed by atoms with Crippen molar-refractivity contribution in [3.63, 3.8) is 0 Å². The van der Waals surface area contributed by atoms with Gasteiger partial charge in [0, 0.05) is 6.54 Å². The monoisotopic (exact) mass is 155 g/mol. The average molecular weight is 156 g/mol. The van der Waals surface area contributed by atoms with Crippen LogP contribution in [0.1, 0.15) is 0 Å². The van der Waals surface area contributed by atoms with Gasteiger partial charge < -0.3 is 10.1 Å². The molecule has 0 amide bonds. The Morgan fingerprint density at radius 1 is 1.67 bits per heavy atom. The smallest absolute Gasteiger partial charge is 0.107 e. The third-order valence-corrected chi connectivity index (χ3v) is 1.18. The van der Waals surface area contributed by atoms with Gasteiger partial charge in [-0.25, -0.2) is 4.39 Å². The SMILES string of the molecule is Cl.FC[C@@H]1COCCN1. The summed E-state index contributed by atoms with van der Waals surface area (Å²) >= 11 is 0. The second kappa shape index (κ2) is 4.97. The minimum absolute atomic E-state index is 0. The second-order valence-corrected chi connectivity index (χ2v) is 1.88. The first-order chi connectivity index (χ1) is 3.93. The van der Waals surface area contributed by atoms with E-state index < -0.39 is 0 Å². The Morgan fingerprint density at radius 3 is 2.78 bits per heavy atom. The number of alkyl halides is 1. The predicted molar refractivity (Wildman–Crippen MR) is 35.8 cm³/mol. The van der Waals surface area contributed by atoms with Crippen LogP contribution < -0.4 is 5.32 Å². The Morgan fingerprint density at radius 2 is 2.44 bits per heavy atom. The van der Waals surface area contributed by atoms with Crippen LogP contribution in [0.25, 0.3) is 0 Å². The summed E-state index contributed by atoms with van der Waals surface area (Å²) in [6.07, 6.45) is 0. The van der Waals surface area contributed by atoms with E-state index >= 15 is 0 Å². The summed E-state index contributed by atoms with van der Waals surface area (Å²) in [5.74, 6) is 0. The van der Waals surface area contributed by atoms with Gasteiger partial charge in [-0.3, -0.25) is 0 Å². The Hall–Kier alpha value is 0.140. The molecule has 1 aliphatic rings. The molecule has 1 saturated heterocycles. The molecule has 1 N–H and O–H groups in total. The van der Waals surface area contributed by atoms with E-state index in [-0.39, 0.29) is 25.1 Å². The fourth-order valence-corrected chi connectivity index (χ4v) is 0.719. The van der Waals surface area contributed by atoms with E-state index in [9.17, 15) is 4.39 Å². The Kier molecular flexibility index (Phi) is 5.04. The van der Waals surface area contributed by atoms with Crippen LogP contribution in [0.3, 0.4) is 0 Å². The number of morpholine rings is 1. The molecule has 1 aliphatic heterocycles. The van der Waals surface area contributed by atoms with E-state index in [0.717, 1.165) is 13.2 Å². The molecule has 0 aromatic heterocycles. The maximum atomic E-state index is 11.7. The molecular weight excluding hydrogens is 145 g/mol. The standard InChI is InChI=1S/C5H10FNO.ClH/c6-3-5-4-8-2-1-7-5;/h5,7H,1-4H2;1H/t5-;/m1./s1. The van der Waals surface area contributed by atoms with Gasteiger partial charge in [-0.05, 0) is 0 Å². The first-order valence-corrected chi connectivity index (χ1v) is 2.80. The van der Waals surface area contributed by atoms with Crippen LogP contribution in [-0.4, -0.2) is 32.5 Å². The maximum Gasteiger partial charge on any atom is 0.107 e. The fourth-order valence-electron chi connectivity index (χ4n) is 0.719. The summed E-state index contributed by atoms with van der Waals surface area (Å²) in [5.41, 5.74) is 0. The van der Waals surface area contributed by atoms with Crippen molar-refractivity contribution in [2.75, 3.05) is 26.4 Å². The quantitative estimate of drug-likeness (QED) is 0.591. The van der Waals surface area contributed by atoms with Crippen LogP contribution in [0, 0.1) is 0 Å². The molecule has 4 heteroatoms. The normalized spacial score (nSPS) is 27.0. The van der Waals surface area contributed by atoms with E-state index in [2.05, 4.69) is 5.32 Å². The third-order valence-electron chi connectivity index (χ3n) is 1.18. The predicted octanol–water partition coefficient (Wildman–Crippen LogP) is 0.366. The number of halogens is 2. The first kappa shape index (κ1) is 9.14. The van der Waals surface area contributed by atoms with E-state index in [1.54, 1.807) is 0 Å². The van der Waals surface area contributed by atoms with Gasteiger partial charge in [0.2, 0.25) is 0 Å². The molecule has 0 bridgehead atoms. The molecular formula is C5H11ClFNO. The van der Waals surface area contributed by atoms with Crippen molar-refractivity contribution in [3.05, 3.63) is 0 Å². The average Bonchev–Trinajstić information content (AvgIpc) is 1.90. The zero-order valence-corrected chi connectivity index (χ0v) is 5.92. The molecule has 1 heterocycles. The second-order valence-electron chi connectivity index (χ2n) is 1.88. The lowest BCUT2D eigenvalue weighted by molar-refractivity contribution is 0.0684. The van der Waals surface area contributed by atoms with Crippen LogP contribution in [0.4, 0.5) is 4.39 Å². The van der Waals surface area contributed by atoms with Crippen molar-refractivity contribution in [1.82, 2.24) is 5.32 Å².